The molecule has 104 valence electrons. The number of rotatable bonds is 5. The van der Waals surface area contributed by atoms with E-state index in [4.69, 9.17) is 0 Å². The Morgan fingerprint density at radius 1 is 1.26 bits per heavy atom. The van der Waals surface area contributed by atoms with Crippen LogP contribution in [0.4, 0.5) is 5.95 Å². The van der Waals surface area contributed by atoms with Crippen LogP contribution in [0.25, 0.3) is 5.65 Å². The molecule has 0 amide bonds. The van der Waals surface area contributed by atoms with Crippen molar-refractivity contribution in [2.75, 3.05) is 11.9 Å². The molecule has 2 aromatic rings. The molecule has 2 rings (SSSR count). The molecule has 2 heterocycles. The average molecular weight is 325 g/mol. The first-order valence-electron chi connectivity index (χ1n) is 6.73. The maximum atomic E-state index is 4.50. The fourth-order valence-corrected chi connectivity index (χ4v) is 2.82. The van der Waals surface area contributed by atoms with Gasteiger partial charge in [0.15, 0.2) is 5.65 Å². The maximum absolute atomic E-state index is 4.50. The van der Waals surface area contributed by atoms with Crippen LogP contribution < -0.4 is 5.32 Å². The largest absolute Gasteiger partial charge is 0.353 e. The summed E-state index contributed by atoms with van der Waals surface area (Å²) >= 11 is 3.49. The van der Waals surface area contributed by atoms with Gasteiger partial charge in [-0.15, -0.1) is 5.10 Å². The van der Waals surface area contributed by atoms with Gasteiger partial charge in [-0.3, -0.25) is 0 Å². The summed E-state index contributed by atoms with van der Waals surface area (Å²) in [6, 6.07) is 3.92. The minimum absolute atomic E-state index is 0.620. The van der Waals surface area contributed by atoms with Gasteiger partial charge in [0.25, 0.3) is 0 Å². The maximum Gasteiger partial charge on any atom is 0.243 e. The number of halogens is 1. The van der Waals surface area contributed by atoms with E-state index < -0.39 is 0 Å². The van der Waals surface area contributed by atoms with Crippen molar-refractivity contribution in [1.82, 2.24) is 14.6 Å². The first kappa shape index (κ1) is 14.3. The molecule has 0 radical (unpaired) electrons. The number of aromatic nitrogens is 3. The lowest BCUT2D eigenvalue weighted by Crippen LogP contribution is -2.24. The second-order valence-corrected chi connectivity index (χ2v) is 6.45. The number of fused-ring (bicyclic) bond motifs is 1. The third-order valence-corrected chi connectivity index (χ3v) is 4.14. The van der Waals surface area contributed by atoms with Crippen molar-refractivity contribution < 1.29 is 0 Å². The topological polar surface area (TPSA) is 42.2 Å². The van der Waals surface area contributed by atoms with Crippen molar-refractivity contribution >= 4 is 27.5 Å². The normalized spacial score (nSPS) is 12.0. The molecule has 2 aromatic heterocycles. The molecular weight excluding hydrogens is 304 g/mol. The molecule has 0 spiro atoms. The number of hydrogen-bond acceptors (Lipinski definition) is 3. The molecule has 0 aliphatic heterocycles. The van der Waals surface area contributed by atoms with Gasteiger partial charge in [0, 0.05) is 12.7 Å². The summed E-state index contributed by atoms with van der Waals surface area (Å²) in [5, 5.41) is 7.79. The lowest BCUT2D eigenvalue weighted by Gasteiger charge is -2.24. The molecule has 0 aromatic carbocycles. The van der Waals surface area contributed by atoms with E-state index in [1.807, 2.05) is 18.3 Å². The van der Waals surface area contributed by atoms with Gasteiger partial charge in [0.1, 0.15) is 0 Å². The van der Waals surface area contributed by atoms with Crippen LogP contribution in [-0.2, 0) is 0 Å². The summed E-state index contributed by atoms with van der Waals surface area (Å²) in [7, 11) is 0. The third-order valence-electron chi connectivity index (χ3n) is 3.52. The Bertz CT molecular complexity index is 539. The van der Waals surface area contributed by atoms with Crippen LogP contribution in [-0.4, -0.2) is 21.1 Å². The van der Waals surface area contributed by atoms with E-state index in [1.54, 1.807) is 4.52 Å². The fourth-order valence-electron chi connectivity index (χ4n) is 2.40. The molecule has 0 bridgehead atoms. The lowest BCUT2D eigenvalue weighted by molar-refractivity contribution is 0.304. The molecule has 1 N–H and O–H groups in total. The molecule has 0 saturated carbocycles. The molecule has 0 atom stereocenters. The van der Waals surface area contributed by atoms with Crippen molar-refractivity contribution in [2.45, 2.75) is 27.7 Å². The molecule has 5 heteroatoms. The lowest BCUT2D eigenvalue weighted by atomic mass is 9.85. The summed E-state index contributed by atoms with van der Waals surface area (Å²) in [6.45, 7) is 9.96. The van der Waals surface area contributed by atoms with Crippen molar-refractivity contribution in [3.8, 4) is 0 Å². The van der Waals surface area contributed by atoms with E-state index in [0.29, 0.717) is 23.7 Å². The molecule has 0 saturated heterocycles. The summed E-state index contributed by atoms with van der Waals surface area (Å²) in [6.07, 6.45) is 1.90. The highest BCUT2D eigenvalue weighted by Gasteiger charge is 2.18. The smallest absolute Gasteiger partial charge is 0.243 e. The third kappa shape index (κ3) is 3.26. The first-order chi connectivity index (χ1) is 8.99. The van der Waals surface area contributed by atoms with E-state index >= 15 is 0 Å². The molecule has 0 aliphatic rings. The first-order valence-corrected chi connectivity index (χ1v) is 7.53. The minimum atomic E-state index is 0.620. The highest BCUT2D eigenvalue weighted by atomic mass is 79.9. The van der Waals surface area contributed by atoms with Gasteiger partial charge in [0.05, 0.1) is 4.47 Å². The molecular formula is C14H21BrN4. The summed E-state index contributed by atoms with van der Waals surface area (Å²) in [4.78, 5) is 4.50. The Kier molecular flexibility index (Phi) is 4.45. The van der Waals surface area contributed by atoms with Gasteiger partial charge in [-0.1, -0.05) is 27.7 Å². The SMILES string of the molecule is CC(C)C(CNc1nc2c(Br)cccn2n1)C(C)C. The quantitative estimate of drug-likeness (QED) is 0.908. The predicted molar refractivity (Wildman–Crippen MR) is 82.3 cm³/mol. The van der Waals surface area contributed by atoms with Crippen molar-refractivity contribution in [3.63, 3.8) is 0 Å². The Labute approximate surface area is 122 Å². The summed E-state index contributed by atoms with van der Waals surface area (Å²) < 4.78 is 2.74. The average Bonchev–Trinajstić information content (AvgIpc) is 2.72. The van der Waals surface area contributed by atoms with Gasteiger partial charge in [-0.25, -0.2) is 4.52 Å². The standard InChI is InChI=1S/C14H21BrN4/c1-9(2)11(10(3)4)8-16-14-17-13-12(15)6-5-7-19(13)18-14/h5-7,9-11H,8H2,1-4H3,(H,16,18). The zero-order valence-electron chi connectivity index (χ0n) is 11.9. The van der Waals surface area contributed by atoms with Gasteiger partial charge >= 0.3 is 0 Å². The number of pyridine rings is 1. The predicted octanol–water partition coefficient (Wildman–Crippen LogP) is 3.83. The Balaban J connectivity index is 2.11. The highest BCUT2D eigenvalue weighted by Crippen LogP contribution is 2.21. The molecule has 0 fully saturated rings. The van der Waals surface area contributed by atoms with E-state index in [0.717, 1.165) is 16.7 Å². The molecule has 19 heavy (non-hydrogen) atoms. The minimum Gasteiger partial charge on any atom is -0.353 e. The van der Waals surface area contributed by atoms with E-state index in [2.05, 4.69) is 59.0 Å². The highest BCUT2D eigenvalue weighted by molar-refractivity contribution is 9.10. The van der Waals surface area contributed by atoms with Crippen LogP contribution >= 0.6 is 15.9 Å². The second kappa shape index (κ2) is 5.90. The van der Waals surface area contributed by atoms with Crippen LogP contribution in [0.2, 0.25) is 0 Å². The van der Waals surface area contributed by atoms with Crippen LogP contribution in [0, 0.1) is 17.8 Å². The van der Waals surface area contributed by atoms with E-state index in [9.17, 15) is 0 Å². The van der Waals surface area contributed by atoms with Crippen LogP contribution in [0.3, 0.4) is 0 Å². The van der Waals surface area contributed by atoms with Crippen LogP contribution in [0.1, 0.15) is 27.7 Å². The van der Waals surface area contributed by atoms with Gasteiger partial charge in [-0.2, -0.15) is 4.98 Å². The fraction of sp³-hybridized carbons (Fsp3) is 0.571. The Hall–Kier alpha value is -1.10. The van der Waals surface area contributed by atoms with Gasteiger partial charge in [0.2, 0.25) is 5.95 Å². The number of anilines is 1. The van der Waals surface area contributed by atoms with Gasteiger partial charge in [-0.05, 0) is 45.8 Å². The Morgan fingerprint density at radius 2 is 1.95 bits per heavy atom. The van der Waals surface area contributed by atoms with E-state index in [-0.39, 0.29) is 0 Å². The van der Waals surface area contributed by atoms with Crippen molar-refractivity contribution in [2.24, 2.45) is 17.8 Å². The number of nitrogens with one attached hydrogen (secondary N) is 1. The Morgan fingerprint density at radius 3 is 2.53 bits per heavy atom. The van der Waals surface area contributed by atoms with Crippen LogP contribution in [0.5, 0.6) is 0 Å². The molecule has 0 unspecified atom stereocenters. The van der Waals surface area contributed by atoms with Gasteiger partial charge < -0.3 is 5.32 Å². The molecule has 4 nitrogen and oxygen atoms in total. The summed E-state index contributed by atoms with van der Waals surface area (Å²) in [5.41, 5.74) is 0.843. The monoisotopic (exact) mass is 324 g/mol. The van der Waals surface area contributed by atoms with E-state index in [1.165, 1.54) is 0 Å². The molecule has 0 aliphatic carbocycles. The van der Waals surface area contributed by atoms with Crippen molar-refractivity contribution in [3.05, 3.63) is 22.8 Å². The number of nitrogens with zero attached hydrogens (tertiary/aromatic N) is 3. The zero-order valence-corrected chi connectivity index (χ0v) is 13.5. The van der Waals surface area contributed by atoms with Crippen LogP contribution in [0.15, 0.2) is 22.8 Å². The second-order valence-electron chi connectivity index (χ2n) is 5.59. The summed E-state index contributed by atoms with van der Waals surface area (Å²) in [5.74, 6) is 2.61. The number of hydrogen-bond donors (Lipinski definition) is 1. The van der Waals surface area contributed by atoms with Crippen molar-refractivity contribution in [1.29, 1.82) is 0 Å². The zero-order chi connectivity index (χ0) is 14.0.